The predicted octanol–water partition coefficient (Wildman–Crippen LogP) is 5.13. The fourth-order valence-electron chi connectivity index (χ4n) is 6.30. The first-order valence-electron chi connectivity index (χ1n) is 15.3. The van der Waals surface area contributed by atoms with Gasteiger partial charge in [0.2, 0.25) is 0 Å². The van der Waals surface area contributed by atoms with Crippen LogP contribution in [0.3, 0.4) is 0 Å². The van der Waals surface area contributed by atoms with E-state index < -0.39 is 17.8 Å². The van der Waals surface area contributed by atoms with Gasteiger partial charge in [-0.15, -0.1) is 0 Å². The summed E-state index contributed by atoms with van der Waals surface area (Å²) in [4.78, 5) is 26.4. The number of benzene rings is 2. The zero-order valence-electron chi connectivity index (χ0n) is 25.5. The van der Waals surface area contributed by atoms with Crippen molar-refractivity contribution in [1.82, 2.24) is 24.7 Å². The van der Waals surface area contributed by atoms with Crippen molar-refractivity contribution in [2.45, 2.75) is 38.7 Å². The quantitative estimate of drug-likeness (QED) is 0.212. The molecular formula is C33H37F3N6O4. The number of fused-ring (bicyclic) bond motifs is 2. The number of aromatic nitrogens is 2. The molecule has 2 aromatic heterocycles. The van der Waals surface area contributed by atoms with Gasteiger partial charge in [0.15, 0.2) is 0 Å². The second-order valence-corrected chi connectivity index (χ2v) is 11.7. The zero-order valence-corrected chi connectivity index (χ0v) is 25.5. The average molecular weight is 639 g/mol. The molecule has 0 bridgehead atoms. The molecule has 10 nitrogen and oxygen atoms in total. The minimum absolute atomic E-state index is 0.0564. The van der Waals surface area contributed by atoms with Crippen molar-refractivity contribution in [3.63, 3.8) is 0 Å². The number of hydrogen-bond acceptors (Lipinski definition) is 7. The number of ether oxygens (including phenoxy) is 1. The van der Waals surface area contributed by atoms with Gasteiger partial charge in [-0.25, -0.2) is 9.78 Å². The molecule has 1 fully saturated rings. The van der Waals surface area contributed by atoms with Gasteiger partial charge >= 0.3 is 12.2 Å². The summed E-state index contributed by atoms with van der Waals surface area (Å²) in [6.07, 6.45) is -2.38. The van der Waals surface area contributed by atoms with Crippen LogP contribution in [0.1, 0.15) is 40.9 Å². The van der Waals surface area contributed by atoms with Crippen LogP contribution in [0.5, 0.6) is 11.5 Å². The SMILES string of the molecule is C[C@H]1c2cc(Oc3ccnc4[nH]c(CO)cc34)ccc2CCN1C(=O)Nc1ccc(CN2CCN(CCO)CC2)c(C(F)(F)F)c1. The van der Waals surface area contributed by atoms with Gasteiger partial charge in [0, 0.05) is 63.4 Å². The van der Waals surface area contributed by atoms with Gasteiger partial charge in [-0.2, -0.15) is 13.2 Å². The molecule has 2 aromatic carbocycles. The first-order valence-corrected chi connectivity index (χ1v) is 15.3. The molecule has 1 atom stereocenters. The van der Waals surface area contributed by atoms with Crippen LogP contribution in [-0.2, 0) is 25.7 Å². The predicted molar refractivity (Wildman–Crippen MR) is 167 cm³/mol. The largest absolute Gasteiger partial charge is 0.457 e. The number of aliphatic hydroxyl groups is 2. The number of aromatic amines is 1. The van der Waals surface area contributed by atoms with Gasteiger partial charge in [-0.05, 0) is 66.4 Å². The number of anilines is 1. The lowest BCUT2D eigenvalue weighted by atomic mass is 9.93. The number of hydrogen-bond donors (Lipinski definition) is 4. The average Bonchev–Trinajstić information content (AvgIpc) is 3.47. The lowest BCUT2D eigenvalue weighted by Gasteiger charge is -2.35. The summed E-state index contributed by atoms with van der Waals surface area (Å²) < 4.78 is 48.7. The third-order valence-electron chi connectivity index (χ3n) is 8.81. The van der Waals surface area contributed by atoms with Gasteiger partial charge in [-0.3, -0.25) is 9.80 Å². The number of amides is 2. The Balaban J connectivity index is 1.15. The molecule has 244 valence electrons. The highest BCUT2D eigenvalue weighted by atomic mass is 19.4. The molecule has 0 saturated carbocycles. The molecule has 4 N–H and O–H groups in total. The van der Waals surface area contributed by atoms with Crippen LogP contribution < -0.4 is 10.1 Å². The molecule has 0 radical (unpaired) electrons. The first-order chi connectivity index (χ1) is 22.1. The van der Waals surface area contributed by atoms with Gasteiger partial charge in [0.1, 0.15) is 17.1 Å². The normalized spacial score (nSPS) is 17.7. The van der Waals surface area contributed by atoms with Gasteiger partial charge in [0.05, 0.1) is 30.2 Å². The maximum atomic E-state index is 14.2. The maximum absolute atomic E-state index is 14.2. The fourth-order valence-corrected chi connectivity index (χ4v) is 6.30. The van der Waals surface area contributed by atoms with Crippen LogP contribution in [0.2, 0.25) is 0 Å². The second kappa shape index (κ2) is 13.3. The van der Waals surface area contributed by atoms with Crippen LogP contribution in [0.25, 0.3) is 11.0 Å². The van der Waals surface area contributed by atoms with Crippen LogP contribution in [-0.4, -0.2) is 86.8 Å². The van der Waals surface area contributed by atoms with Crippen LogP contribution in [0.15, 0.2) is 54.7 Å². The summed E-state index contributed by atoms with van der Waals surface area (Å²) >= 11 is 0. The van der Waals surface area contributed by atoms with E-state index in [1.165, 1.54) is 12.1 Å². The lowest BCUT2D eigenvalue weighted by molar-refractivity contribution is -0.138. The number of piperazine rings is 1. The summed E-state index contributed by atoms with van der Waals surface area (Å²) in [5.41, 5.74) is 2.64. The third kappa shape index (κ3) is 6.82. The Kier molecular flexibility index (Phi) is 9.18. The summed E-state index contributed by atoms with van der Waals surface area (Å²) in [5, 5.41) is 22.1. The standard InChI is InChI=1S/C33H37F3N6O4/c1-21-27-18-26(46-30-6-8-37-31-28(30)16-25(20-44)38-31)5-3-22(27)7-9-42(21)32(45)39-24-4-2-23(29(17-24)33(34,35)36)19-41-12-10-40(11-13-41)14-15-43/h2-6,8,16-18,21,43-44H,7,9-15,19-20H2,1H3,(H,37,38)(H,39,45)/t21-/m0/s1. The maximum Gasteiger partial charge on any atom is 0.416 e. The van der Waals surface area contributed by atoms with E-state index >= 15 is 0 Å². The Bertz CT molecular complexity index is 1700. The van der Waals surface area contributed by atoms with E-state index in [0.29, 0.717) is 68.5 Å². The number of carbonyl (C=O) groups is 1. The van der Waals surface area contributed by atoms with Crippen molar-refractivity contribution in [2.24, 2.45) is 0 Å². The smallest absolute Gasteiger partial charge is 0.416 e. The molecule has 1 saturated heterocycles. The minimum Gasteiger partial charge on any atom is -0.457 e. The second-order valence-electron chi connectivity index (χ2n) is 11.7. The molecule has 13 heteroatoms. The molecule has 2 aliphatic rings. The number of β-amino-alcohol motifs (C(OH)–C–C–N with tert-alkyl or cyclic N) is 1. The molecule has 4 heterocycles. The monoisotopic (exact) mass is 638 g/mol. The number of pyridine rings is 1. The number of aliphatic hydroxyl groups excluding tert-OH is 2. The number of nitrogens with one attached hydrogen (secondary N) is 2. The van der Waals surface area contributed by atoms with Crippen molar-refractivity contribution in [2.75, 3.05) is 51.2 Å². The molecule has 2 amide bonds. The van der Waals surface area contributed by atoms with Crippen molar-refractivity contribution < 1.29 is 32.9 Å². The van der Waals surface area contributed by atoms with Crippen molar-refractivity contribution in [3.05, 3.63) is 82.7 Å². The number of urea groups is 1. The van der Waals surface area contributed by atoms with E-state index in [-0.39, 0.29) is 37.1 Å². The number of alkyl halides is 3. The van der Waals surface area contributed by atoms with Gasteiger partial charge in [0.25, 0.3) is 0 Å². The summed E-state index contributed by atoms with van der Waals surface area (Å²) in [6, 6.07) is 12.4. The number of H-pyrrole nitrogens is 1. The highest BCUT2D eigenvalue weighted by Gasteiger charge is 2.35. The van der Waals surface area contributed by atoms with Crippen LogP contribution in [0, 0.1) is 0 Å². The highest BCUT2D eigenvalue weighted by molar-refractivity contribution is 5.90. The highest BCUT2D eigenvalue weighted by Crippen LogP contribution is 2.37. The number of halogens is 3. The molecule has 0 aliphatic carbocycles. The van der Waals surface area contributed by atoms with E-state index in [0.717, 1.165) is 22.6 Å². The van der Waals surface area contributed by atoms with E-state index in [9.17, 15) is 23.1 Å². The summed E-state index contributed by atoms with van der Waals surface area (Å²) in [6.45, 7) is 5.50. The summed E-state index contributed by atoms with van der Waals surface area (Å²) in [5.74, 6) is 1.12. The Morgan fingerprint density at radius 3 is 2.57 bits per heavy atom. The molecule has 0 unspecified atom stereocenters. The molecule has 46 heavy (non-hydrogen) atoms. The van der Waals surface area contributed by atoms with Gasteiger partial charge in [-0.1, -0.05) is 12.1 Å². The van der Waals surface area contributed by atoms with Crippen molar-refractivity contribution in [3.8, 4) is 11.5 Å². The number of rotatable bonds is 8. The molecule has 6 rings (SSSR count). The molecule has 4 aromatic rings. The third-order valence-corrected chi connectivity index (χ3v) is 8.81. The number of carbonyl (C=O) groups excluding carboxylic acids is 1. The molecule has 0 spiro atoms. The van der Waals surface area contributed by atoms with E-state index in [1.807, 2.05) is 30.0 Å². The van der Waals surface area contributed by atoms with Crippen LogP contribution in [0.4, 0.5) is 23.7 Å². The fraction of sp³-hybridized carbons (Fsp3) is 0.394. The Labute approximate surface area is 264 Å². The molecule has 2 aliphatic heterocycles. The van der Waals surface area contributed by atoms with Gasteiger partial charge < -0.3 is 30.2 Å². The Morgan fingerprint density at radius 2 is 1.83 bits per heavy atom. The lowest BCUT2D eigenvalue weighted by Crippen LogP contribution is -2.46. The van der Waals surface area contributed by atoms with Crippen molar-refractivity contribution >= 4 is 22.8 Å². The molecular weight excluding hydrogens is 601 g/mol. The van der Waals surface area contributed by atoms with E-state index in [4.69, 9.17) is 9.84 Å². The minimum atomic E-state index is -4.58. The first kappa shape index (κ1) is 31.8. The zero-order chi connectivity index (χ0) is 32.4. The van der Waals surface area contributed by atoms with Crippen LogP contribution >= 0.6 is 0 Å². The number of nitrogens with zero attached hydrogens (tertiary/aromatic N) is 4. The Hall–Kier alpha value is -4.17. The van der Waals surface area contributed by atoms with E-state index in [2.05, 4.69) is 20.2 Å². The summed E-state index contributed by atoms with van der Waals surface area (Å²) in [7, 11) is 0. The topological polar surface area (TPSA) is 117 Å². The van der Waals surface area contributed by atoms with Crippen molar-refractivity contribution in [1.29, 1.82) is 0 Å². The van der Waals surface area contributed by atoms with E-state index in [1.54, 1.807) is 23.2 Å². The Morgan fingerprint density at radius 1 is 1.04 bits per heavy atom.